The lowest BCUT2D eigenvalue weighted by Crippen LogP contribution is -2.01. The molecule has 0 saturated heterocycles. The van der Waals surface area contributed by atoms with Gasteiger partial charge >= 0.3 is 0 Å². The van der Waals surface area contributed by atoms with Crippen molar-refractivity contribution in [1.29, 1.82) is 0 Å². The molecule has 6 heterocycles. The molecule has 23 rings (SSSR count). The Bertz CT molecular complexity index is 7450. The van der Waals surface area contributed by atoms with Gasteiger partial charge in [-0.25, -0.2) is 29.9 Å². The minimum Gasteiger partial charge on any atom is -0.309 e. The molecule has 0 aliphatic heterocycles. The molecule has 0 N–H and O–H groups in total. The first kappa shape index (κ1) is 64.0. The molecule has 17 aromatic carbocycles. The smallest absolute Gasteiger partial charge is 0.164 e. The summed E-state index contributed by atoms with van der Waals surface area (Å²) in [4.78, 5) is 30.8. The van der Waals surface area contributed by atoms with Crippen LogP contribution >= 0.6 is 0 Å². The van der Waals surface area contributed by atoms with Gasteiger partial charge in [-0.1, -0.05) is 291 Å². The Morgan fingerprint density at radius 1 is 0.152 bits per heavy atom. The number of rotatable bonds is 10. The maximum atomic E-state index is 5.22. The number of benzene rings is 17. The molecule has 10 nitrogen and oxygen atoms in total. The largest absolute Gasteiger partial charge is 0.309 e. The first-order valence-electron chi connectivity index (χ1n) is 37.8. The van der Waals surface area contributed by atoms with E-state index in [0.717, 1.165) is 99.7 Å². The fourth-order valence-corrected chi connectivity index (χ4v) is 17.1. The Morgan fingerprint density at radius 3 is 0.804 bits per heavy atom. The van der Waals surface area contributed by atoms with E-state index in [1.54, 1.807) is 0 Å². The van der Waals surface area contributed by atoms with Gasteiger partial charge in [-0.15, -0.1) is 0 Å². The third-order valence-corrected chi connectivity index (χ3v) is 22.1. The van der Waals surface area contributed by atoms with Gasteiger partial charge in [0.1, 0.15) is 0 Å². The summed E-state index contributed by atoms with van der Waals surface area (Å²) >= 11 is 0. The van der Waals surface area contributed by atoms with Gasteiger partial charge in [0, 0.05) is 99.2 Å². The number of hydrogen-bond donors (Lipinski definition) is 0. The monoisotopic (exact) mass is 1430 g/mol. The van der Waals surface area contributed by atoms with Crippen molar-refractivity contribution < 1.29 is 0 Å². The van der Waals surface area contributed by atoms with E-state index >= 15 is 0 Å². The fraction of sp³-hybridized carbons (Fsp3) is 0. The van der Waals surface area contributed by atoms with Crippen molar-refractivity contribution in [2.75, 3.05) is 0 Å². The number of fused-ring (bicyclic) bond motifs is 17. The summed E-state index contributed by atoms with van der Waals surface area (Å²) in [7, 11) is 0. The average molecular weight is 1430 g/mol. The van der Waals surface area contributed by atoms with Crippen molar-refractivity contribution in [1.82, 2.24) is 48.2 Å². The normalized spacial score (nSPS) is 11.8. The number of aromatic nitrogens is 10. The van der Waals surface area contributed by atoms with Gasteiger partial charge in [0.15, 0.2) is 34.9 Å². The second-order valence-corrected chi connectivity index (χ2v) is 28.5. The minimum atomic E-state index is 0.632. The second kappa shape index (κ2) is 26.3. The van der Waals surface area contributed by atoms with E-state index in [1.165, 1.54) is 75.9 Å². The summed E-state index contributed by atoms with van der Waals surface area (Å²) in [5.74, 6) is 3.83. The van der Waals surface area contributed by atoms with E-state index in [-0.39, 0.29) is 0 Å². The summed E-state index contributed by atoms with van der Waals surface area (Å²) in [6.45, 7) is 0. The molecule has 0 aliphatic carbocycles. The second-order valence-electron chi connectivity index (χ2n) is 28.5. The molecule has 0 saturated carbocycles. The minimum absolute atomic E-state index is 0.632. The third-order valence-electron chi connectivity index (χ3n) is 22.1. The molecule has 0 bridgehead atoms. The van der Waals surface area contributed by atoms with Crippen LogP contribution in [0.2, 0.25) is 0 Å². The van der Waals surface area contributed by atoms with E-state index in [4.69, 9.17) is 29.9 Å². The summed E-state index contributed by atoms with van der Waals surface area (Å²) in [5.41, 5.74) is 19.3. The predicted molar refractivity (Wildman–Crippen MR) is 462 cm³/mol. The number of para-hydroxylation sites is 5. The zero-order chi connectivity index (χ0) is 73.7. The Balaban J connectivity index is 0.000000138. The summed E-state index contributed by atoms with van der Waals surface area (Å²) in [5, 5.41) is 16.6. The van der Waals surface area contributed by atoms with Crippen molar-refractivity contribution in [3.8, 4) is 91.1 Å². The van der Waals surface area contributed by atoms with E-state index in [2.05, 4.69) is 334 Å². The molecule has 0 fully saturated rings. The van der Waals surface area contributed by atoms with Gasteiger partial charge < -0.3 is 18.3 Å². The molecule has 0 unspecified atom stereocenters. The lowest BCUT2D eigenvalue weighted by Gasteiger charge is -2.13. The van der Waals surface area contributed by atoms with Crippen LogP contribution in [0.5, 0.6) is 0 Å². The highest BCUT2D eigenvalue weighted by atomic mass is 15.1. The molecule has 0 spiro atoms. The molecule has 23 aromatic rings. The van der Waals surface area contributed by atoms with Crippen LogP contribution in [0.3, 0.4) is 0 Å². The van der Waals surface area contributed by atoms with Crippen molar-refractivity contribution in [2.45, 2.75) is 0 Å². The maximum absolute atomic E-state index is 5.22. The van der Waals surface area contributed by atoms with E-state index in [1.807, 2.05) is 72.8 Å². The summed E-state index contributed by atoms with van der Waals surface area (Å²) in [6.07, 6.45) is 0. The zero-order valence-electron chi connectivity index (χ0n) is 60.4. The Labute approximate surface area is 643 Å². The van der Waals surface area contributed by atoms with Gasteiger partial charge in [0.2, 0.25) is 0 Å². The highest BCUT2D eigenvalue weighted by Crippen LogP contribution is 2.46. The number of nitrogens with zero attached hydrogens (tertiary/aromatic N) is 10. The van der Waals surface area contributed by atoms with Gasteiger partial charge in [-0.05, 0) is 129 Å². The van der Waals surface area contributed by atoms with Crippen molar-refractivity contribution >= 4 is 120 Å². The molecule has 112 heavy (non-hydrogen) atoms. The van der Waals surface area contributed by atoms with E-state index < -0.39 is 0 Å². The van der Waals surface area contributed by atoms with Crippen molar-refractivity contribution in [2.24, 2.45) is 0 Å². The third kappa shape index (κ3) is 10.6. The number of hydrogen-bond acceptors (Lipinski definition) is 6. The molecular weight excluding hydrogens is 1370 g/mol. The van der Waals surface area contributed by atoms with Crippen LogP contribution in [0.15, 0.2) is 388 Å². The highest BCUT2D eigenvalue weighted by molar-refractivity contribution is 6.26. The Morgan fingerprint density at radius 2 is 0.420 bits per heavy atom. The molecule has 0 amide bonds. The zero-order valence-corrected chi connectivity index (χ0v) is 60.4. The predicted octanol–water partition coefficient (Wildman–Crippen LogP) is 25.6. The molecule has 0 atom stereocenters. The molecular formula is C102H64N10. The topological polar surface area (TPSA) is 97.1 Å². The first-order valence-corrected chi connectivity index (χ1v) is 37.8. The average Bonchev–Trinajstić information content (AvgIpc) is 1.55. The lowest BCUT2D eigenvalue weighted by molar-refractivity contribution is 1.08. The highest BCUT2D eigenvalue weighted by Gasteiger charge is 2.26. The quantitative estimate of drug-likeness (QED) is 0.135. The van der Waals surface area contributed by atoms with Crippen LogP contribution in [0, 0.1) is 0 Å². The SMILES string of the molecule is c1ccc(-c2nc(-c3ccccc3)nc(-c3cc4c(c5ccccc35)c3cc(-n5c6ccccc6c6ccccc65)ccc3n4-c3ccc4ccccc4c3)n2)cc1.c1ccc(-c2nc(-c3ccccc3)nc(-c3cc4c(c5ccccc35)c3cc(-n5c6ccccc6c6ccccc65)ccc3n4-c3ccccc3)n2)cc1. The van der Waals surface area contributed by atoms with Crippen LogP contribution in [0.25, 0.3) is 211 Å². The Kier molecular flexibility index (Phi) is 15.0. The van der Waals surface area contributed by atoms with Crippen LogP contribution in [-0.2, 0) is 0 Å². The van der Waals surface area contributed by atoms with Gasteiger partial charge in [-0.3, -0.25) is 0 Å². The van der Waals surface area contributed by atoms with Gasteiger partial charge in [0.25, 0.3) is 0 Å². The standard InChI is InChI=1S/C53H33N5.C49H31N5/c1-3-16-35(17-4-1)51-54-52(36-18-5-2-6-19-36)56-53(55-51)44-33-49-50(43-24-10-9-21-40(43)44)45-32-39(57-46-25-13-11-22-41(46)42-23-12-14-26-47(42)57)29-30-48(45)58(49)38-28-27-34-15-7-8-20-37(34)31-38;1-4-16-32(17-5-1)47-50-48(33-18-6-2-7-19-33)52-49(51-47)40-31-45-46(39-25-11-10-22-36(39)40)41-30-35(28-29-44(41)53(45)34-20-8-3-9-21-34)54-42-26-14-12-23-37(42)38-24-13-15-27-43(38)54/h1-33H;1-31H. The molecule has 522 valence electrons. The van der Waals surface area contributed by atoms with Crippen molar-refractivity contribution in [3.05, 3.63) is 388 Å². The van der Waals surface area contributed by atoms with E-state index in [0.29, 0.717) is 34.9 Å². The van der Waals surface area contributed by atoms with E-state index in [9.17, 15) is 0 Å². The summed E-state index contributed by atoms with van der Waals surface area (Å²) < 4.78 is 9.60. The van der Waals surface area contributed by atoms with Crippen LogP contribution in [-0.4, -0.2) is 48.2 Å². The molecule has 0 radical (unpaired) electrons. The van der Waals surface area contributed by atoms with Gasteiger partial charge in [0.05, 0.1) is 44.1 Å². The van der Waals surface area contributed by atoms with Crippen LogP contribution < -0.4 is 0 Å². The first-order chi connectivity index (χ1) is 55.6. The van der Waals surface area contributed by atoms with Gasteiger partial charge in [-0.2, -0.15) is 0 Å². The lowest BCUT2D eigenvalue weighted by atomic mass is 9.98. The maximum Gasteiger partial charge on any atom is 0.164 e. The molecule has 6 aromatic heterocycles. The Hall–Kier alpha value is -15.3. The fourth-order valence-electron chi connectivity index (χ4n) is 17.1. The summed E-state index contributed by atoms with van der Waals surface area (Å²) in [6, 6.07) is 137. The van der Waals surface area contributed by atoms with Crippen LogP contribution in [0.4, 0.5) is 0 Å². The van der Waals surface area contributed by atoms with Crippen LogP contribution in [0.1, 0.15) is 0 Å². The van der Waals surface area contributed by atoms with Crippen molar-refractivity contribution in [3.63, 3.8) is 0 Å². The molecule has 0 aliphatic rings. The molecule has 10 heteroatoms.